The van der Waals surface area contributed by atoms with E-state index in [9.17, 15) is 4.79 Å². The largest absolute Gasteiger partial charge is 0.496 e. The van der Waals surface area contributed by atoms with Gasteiger partial charge in [0, 0.05) is 5.56 Å². The highest BCUT2D eigenvalue weighted by atomic mass is 35.5. The fraction of sp³-hybridized carbons (Fsp3) is 0.188. The fourth-order valence-electron chi connectivity index (χ4n) is 2.00. The summed E-state index contributed by atoms with van der Waals surface area (Å²) in [7, 11) is 3.08. The van der Waals surface area contributed by atoms with Gasteiger partial charge in [-0.3, -0.25) is 4.79 Å². The number of alkyl halides is 1. The van der Waals surface area contributed by atoms with Crippen LogP contribution >= 0.6 is 11.6 Å². The van der Waals surface area contributed by atoms with Crippen LogP contribution < -0.4 is 9.47 Å². The number of para-hydroxylation sites is 2. The predicted molar refractivity (Wildman–Crippen MR) is 78.9 cm³/mol. The molecular formula is C16H15ClO3. The number of methoxy groups -OCH3 is 2. The molecule has 20 heavy (non-hydrogen) atoms. The monoisotopic (exact) mass is 290 g/mol. The van der Waals surface area contributed by atoms with Crippen molar-refractivity contribution in [3.05, 3.63) is 59.7 Å². The second-order valence-corrected chi connectivity index (χ2v) is 4.61. The maximum atomic E-state index is 12.5. The molecule has 2 rings (SSSR count). The highest BCUT2D eigenvalue weighted by molar-refractivity contribution is 6.34. The summed E-state index contributed by atoms with van der Waals surface area (Å²) >= 11 is 6.32. The lowest BCUT2D eigenvalue weighted by atomic mass is 10.0. The number of halogens is 1. The maximum Gasteiger partial charge on any atom is 0.188 e. The summed E-state index contributed by atoms with van der Waals surface area (Å²) in [4.78, 5) is 12.5. The van der Waals surface area contributed by atoms with E-state index in [0.29, 0.717) is 22.6 Å². The topological polar surface area (TPSA) is 35.5 Å². The molecule has 3 nitrogen and oxygen atoms in total. The second-order valence-electron chi connectivity index (χ2n) is 4.17. The van der Waals surface area contributed by atoms with Crippen molar-refractivity contribution in [3.8, 4) is 11.5 Å². The van der Waals surface area contributed by atoms with Crippen LogP contribution in [0.2, 0.25) is 0 Å². The molecule has 0 N–H and O–H groups in total. The molecule has 0 bridgehead atoms. The van der Waals surface area contributed by atoms with Crippen molar-refractivity contribution in [2.45, 2.75) is 5.38 Å². The third-order valence-corrected chi connectivity index (χ3v) is 3.45. The van der Waals surface area contributed by atoms with E-state index in [1.54, 1.807) is 37.4 Å². The van der Waals surface area contributed by atoms with E-state index in [0.717, 1.165) is 0 Å². The molecule has 104 valence electrons. The first-order valence-electron chi connectivity index (χ1n) is 6.13. The lowest BCUT2D eigenvalue weighted by Gasteiger charge is -2.14. The first kappa shape index (κ1) is 14.4. The fourth-order valence-corrected chi connectivity index (χ4v) is 2.30. The van der Waals surface area contributed by atoms with Gasteiger partial charge in [0.05, 0.1) is 19.8 Å². The van der Waals surface area contributed by atoms with Gasteiger partial charge in [-0.1, -0.05) is 30.3 Å². The third kappa shape index (κ3) is 2.78. The summed E-state index contributed by atoms with van der Waals surface area (Å²) in [5.41, 5.74) is 1.11. The van der Waals surface area contributed by atoms with Gasteiger partial charge in [0.15, 0.2) is 5.78 Å². The molecule has 0 saturated heterocycles. The summed E-state index contributed by atoms with van der Waals surface area (Å²) < 4.78 is 10.4. The van der Waals surface area contributed by atoms with E-state index < -0.39 is 5.38 Å². The van der Waals surface area contributed by atoms with Crippen molar-refractivity contribution >= 4 is 17.4 Å². The zero-order valence-corrected chi connectivity index (χ0v) is 12.1. The number of benzene rings is 2. The number of carbonyl (C=O) groups excluding carboxylic acids is 1. The molecule has 0 heterocycles. The van der Waals surface area contributed by atoms with Crippen molar-refractivity contribution in [1.82, 2.24) is 0 Å². The summed E-state index contributed by atoms with van der Waals surface area (Å²) in [5.74, 6) is 0.891. The maximum absolute atomic E-state index is 12.5. The zero-order chi connectivity index (χ0) is 14.5. The summed E-state index contributed by atoms with van der Waals surface area (Å²) in [6.45, 7) is 0. The minimum atomic E-state index is -0.817. The first-order valence-corrected chi connectivity index (χ1v) is 6.57. The van der Waals surface area contributed by atoms with Gasteiger partial charge in [-0.2, -0.15) is 0 Å². The number of Topliss-reactive ketones (excluding diaryl/α,β-unsaturated/α-hetero) is 1. The van der Waals surface area contributed by atoms with Gasteiger partial charge in [-0.25, -0.2) is 0 Å². The molecule has 0 aliphatic rings. The van der Waals surface area contributed by atoms with Crippen LogP contribution in [0.25, 0.3) is 0 Å². The van der Waals surface area contributed by atoms with Gasteiger partial charge in [0.25, 0.3) is 0 Å². The Bertz CT molecular complexity index is 610. The van der Waals surface area contributed by atoms with Crippen LogP contribution in [-0.4, -0.2) is 20.0 Å². The number of ether oxygens (including phenoxy) is 2. The Morgan fingerprint density at radius 3 is 2.15 bits per heavy atom. The number of carbonyl (C=O) groups is 1. The minimum Gasteiger partial charge on any atom is -0.496 e. The summed E-state index contributed by atoms with van der Waals surface area (Å²) in [5, 5.41) is -0.817. The quantitative estimate of drug-likeness (QED) is 0.619. The van der Waals surface area contributed by atoms with E-state index in [-0.39, 0.29) is 5.78 Å². The Morgan fingerprint density at radius 1 is 0.950 bits per heavy atom. The Hall–Kier alpha value is -2.00. The van der Waals surface area contributed by atoms with Crippen LogP contribution in [0.1, 0.15) is 21.3 Å². The molecular weight excluding hydrogens is 276 g/mol. The molecule has 4 heteroatoms. The van der Waals surface area contributed by atoms with Crippen LogP contribution in [0.15, 0.2) is 48.5 Å². The van der Waals surface area contributed by atoms with E-state index in [1.165, 1.54) is 7.11 Å². The van der Waals surface area contributed by atoms with E-state index in [2.05, 4.69) is 0 Å². The Morgan fingerprint density at radius 2 is 1.50 bits per heavy atom. The highest BCUT2D eigenvalue weighted by Gasteiger charge is 2.24. The molecule has 0 aliphatic heterocycles. The number of ketones is 1. The normalized spacial score (nSPS) is 11.8. The number of hydrogen-bond acceptors (Lipinski definition) is 3. The van der Waals surface area contributed by atoms with Gasteiger partial charge in [-0.15, -0.1) is 11.6 Å². The van der Waals surface area contributed by atoms with Crippen LogP contribution in [0.3, 0.4) is 0 Å². The van der Waals surface area contributed by atoms with Gasteiger partial charge < -0.3 is 9.47 Å². The van der Waals surface area contributed by atoms with E-state index in [4.69, 9.17) is 21.1 Å². The average Bonchev–Trinajstić information content (AvgIpc) is 2.53. The standard InChI is InChI=1S/C16H15ClO3/c1-19-13-9-5-3-7-11(13)15(17)16(18)12-8-4-6-10-14(12)20-2/h3-10,15H,1-2H3. The molecule has 1 atom stereocenters. The molecule has 2 aromatic rings. The highest BCUT2D eigenvalue weighted by Crippen LogP contribution is 2.34. The molecule has 1 unspecified atom stereocenters. The van der Waals surface area contributed by atoms with Crippen molar-refractivity contribution in [1.29, 1.82) is 0 Å². The van der Waals surface area contributed by atoms with Gasteiger partial charge in [0.2, 0.25) is 0 Å². The van der Waals surface area contributed by atoms with Crippen LogP contribution in [-0.2, 0) is 0 Å². The molecule has 0 aromatic heterocycles. The first-order chi connectivity index (χ1) is 9.69. The SMILES string of the molecule is COc1ccccc1C(=O)C(Cl)c1ccccc1OC. The molecule has 2 aromatic carbocycles. The Labute approximate surface area is 123 Å². The van der Waals surface area contributed by atoms with Crippen molar-refractivity contribution < 1.29 is 14.3 Å². The van der Waals surface area contributed by atoms with Gasteiger partial charge >= 0.3 is 0 Å². The zero-order valence-electron chi connectivity index (χ0n) is 11.3. The average molecular weight is 291 g/mol. The van der Waals surface area contributed by atoms with Crippen LogP contribution in [0, 0.1) is 0 Å². The molecule has 0 saturated carbocycles. The minimum absolute atomic E-state index is 0.214. The Balaban J connectivity index is 2.38. The molecule has 0 spiro atoms. The lowest BCUT2D eigenvalue weighted by Crippen LogP contribution is -2.10. The van der Waals surface area contributed by atoms with E-state index >= 15 is 0 Å². The van der Waals surface area contributed by atoms with E-state index in [1.807, 2.05) is 18.2 Å². The predicted octanol–water partition coefficient (Wildman–Crippen LogP) is 3.87. The third-order valence-electron chi connectivity index (χ3n) is 3.01. The summed E-state index contributed by atoms with van der Waals surface area (Å²) in [6, 6.07) is 14.2. The molecule has 0 aliphatic carbocycles. The molecule has 0 fully saturated rings. The van der Waals surface area contributed by atoms with Crippen molar-refractivity contribution in [2.24, 2.45) is 0 Å². The second kappa shape index (κ2) is 6.44. The number of hydrogen-bond donors (Lipinski definition) is 0. The van der Waals surface area contributed by atoms with Crippen LogP contribution in [0.4, 0.5) is 0 Å². The Kier molecular flexibility index (Phi) is 4.64. The summed E-state index contributed by atoms with van der Waals surface area (Å²) in [6.07, 6.45) is 0. The van der Waals surface area contributed by atoms with Gasteiger partial charge in [-0.05, 0) is 18.2 Å². The lowest BCUT2D eigenvalue weighted by molar-refractivity contribution is 0.0983. The van der Waals surface area contributed by atoms with Crippen molar-refractivity contribution in [2.75, 3.05) is 14.2 Å². The number of rotatable bonds is 5. The molecule has 0 radical (unpaired) electrons. The van der Waals surface area contributed by atoms with Crippen molar-refractivity contribution in [3.63, 3.8) is 0 Å². The smallest absolute Gasteiger partial charge is 0.188 e. The molecule has 0 amide bonds. The van der Waals surface area contributed by atoms with Crippen LogP contribution in [0.5, 0.6) is 11.5 Å². The van der Waals surface area contributed by atoms with Gasteiger partial charge in [0.1, 0.15) is 16.9 Å².